The monoisotopic (exact) mass is 218 g/mol. The molecule has 1 saturated heterocycles. The van der Waals surface area contributed by atoms with Crippen molar-refractivity contribution in [3.05, 3.63) is 0 Å². The minimum atomic E-state index is 0.631. The fraction of sp³-hybridized carbons (Fsp3) is 1.00. The maximum absolute atomic E-state index is 5.35. The first-order valence-electron chi connectivity index (χ1n) is 5.15. The van der Waals surface area contributed by atoms with Crippen LogP contribution in [-0.4, -0.2) is 30.0 Å². The topological polar surface area (TPSA) is 9.23 Å². The van der Waals surface area contributed by atoms with Crippen LogP contribution >= 0.6 is 24.4 Å². The number of rotatable bonds is 4. The van der Waals surface area contributed by atoms with Crippen molar-refractivity contribution in [3.8, 4) is 0 Å². The standard InChI is InChI=1S/C10H18OS2/c12-7-10(3-4-10)8-13-9-1-5-11-6-2-9/h9,12H,1-8H2. The quantitative estimate of drug-likeness (QED) is 0.726. The molecule has 0 atom stereocenters. The molecule has 1 saturated carbocycles. The lowest BCUT2D eigenvalue weighted by Crippen LogP contribution is -2.19. The Bertz CT molecular complexity index is 162. The first-order valence-corrected chi connectivity index (χ1v) is 6.83. The zero-order chi connectivity index (χ0) is 9.15. The van der Waals surface area contributed by atoms with Gasteiger partial charge in [-0.1, -0.05) is 0 Å². The largest absolute Gasteiger partial charge is 0.381 e. The summed E-state index contributed by atoms with van der Waals surface area (Å²) in [5.41, 5.74) is 0.631. The Balaban J connectivity index is 1.66. The second-order valence-electron chi connectivity index (χ2n) is 4.28. The van der Waals surface area contributed by atoms with Gasteiger partial charge in [0.1, 0.15) is 0 Å². The zero-order valence-corrected chi connectivity index (χ0v) is 9.71. The Morgan fingerprint density at radius 1 is 1.31 bits per heavy atom. The molecule has 1 aliphatic heterocycles. The number of hydrogen-bond donors (Lipinski definition) is 1. The van der Waals surface area contributed by atoms with E-state index in [1.807, 2.05) is 0 Å². The molecule has 76 valence electrons. The highest BCUT2D eigenvalue weighted by molar-refractivity contribution is 8.00. The molecule has 0 spiro atoms. The fourth-order valence-electron chi connectivity index (χ4n) is 1.66. The van der Waals surface area contributed by atoms with Crippen molar-refractivity contribution >= 4 is 24.4 Å². The summed E-state index contributed by atoms with van der Waals surface area (Å²) in [6.07, 6.45) is 5.33. The summed E-state index contributed by atoms with van der Waals surface area (Å²) in [6.45, 7) is 1.96. The molecule has 2 aliphatic rings. The summed E-state index contributed by atoms with van der Waals surface area (Å²) < 4.78 is 5.35. The van der Waals surface area contributed by atoms with Gasteiger partial charge in [0.2, 0.25) is 0 Å². The lowest BCUT2D eigenvalue weighted by atomic mass is 10.2. The first kappa shape index (κ1) is 10.2. The van der Waals surface area contributed by atoms with Gasteiger partial charge in [-0.25, -0.2) is 0 Å². The van der Waals surface area contributed by atoms with E-state index in [4.69, 9.17) is 4.74 Å². The van der Waals surface area contributed by atoms with Gasteiger partial charge in [-0.05, 0) is 42.6 Å². The van der Waals surface area contributed by atoms with Gasteiger partial charge in [-0.3, -0.25) is 0 Å². The summed E-state index contributed by atoms with van der Waals surface area (Å²) in [5, 5.41) is 0.867. The van der Waals surface area contributed by atoms with E-state index in [9.17, 15) is 0 Å². The minimum Gasteiger partial charge on any atom is -0.381 e. The summed E-state index contributed by atoms with van der Waals surface area (Å²) in [7, 11) is 0. The fourth-order valence-corrected chi connectivity index (χ4v) is 3.75. The second-order valence-corrected chi connectivity index (χ2v) is 5.89. The normalized spacial score (nSPS) is 27.5. The molecule has 2 fully saturated rings. The molecule has 1 aliphatic carbocycles. The molecule has 1 heterocycles. The van der Waals surface area contributed by atoms with Crippen LogP contribution in [0.25, 0.3) is 0 Å². The molecule has 3 heteroatoms. The molecule has 0 bridgehead atoms. The molecular weight excluding hydrogens is 200 g/mol. The first-order chi connectivity index (χ1) is 6.35. The molecule has 0 amide bonds. The van der Waals surface area contributed by atoms with Crippen LogP contribution in [0.2, 0.25) is 0 Å². The van der Waals surface area contributed by atoms with E-state index >= 15 is 0 Å². The molecule has 1 nitrogen and oxygen atoms in total. The number of thioether (sulfide) groups is 1. The van der Waals surface area contributed by atoms with Crippen molar-refractivity contribution in [1.82, 2.24) is 0 Å². The Kier molecular flexibility index (Phi) is 3.49. The minimum absolute atomic E-state index is 0.631. The van der Waals surface area contributed by atoms with Gasteiger partial charge in [0.25, 0.3) is 0 Å². The Morgan fingerprint density at radius 2 is 2.00 bits per heavy atom. The molecule has 0 N–H and O–H groups in total. The van der Waals surface area contributed by atoms with Gasteiger partial charge >= 0.3 is 0 Å². The van der Waals surface area contributed by atoms with E-state index < -0.39 is 0 Å². The average molecular weight is 218 g/mol. The van der Waals surface area contributed by atoms with Crippen LogP contribution in [0.15, 0.2) is 0 Å². The van der Waals surface area contributed by atoms with Gasteiger partial charge in [0, 0.05) is 18.5 Å². The van der Waals surface area contributed by atoms with Crippen LogP contribution in [-0.2, 0) is 4.74 Å². The van der Waals surface area contributed by atoms with Gasteiger partial charge < -0.3 is 4.74 Å². The average Bonchev–Trinajstić information content (AvgIpc) is 2.97. The van der Waals surface area contributed by atoms with Crippen molar-refractivity contribution in [2.75, 3.05) is 24.7 Å². The van der Waals surface area contributed by atoms with Crippen LogP contribution in [0.5, 0.6) is 0 Å². The van der Waals surface area contributed by atoms with E-state index in [1.54, 1.807) is 0 Å². The molecular formula is C10H18OS2. The highest BCUT2D eigenvalue weighted by Crippen LogP contribution is 2.49. The van der Waals surface area contributed by atoms with Crippen molar-refractivity contribution in [3.63, 3.8) is 0 Å². The summed E-state index contributed by atoms with van der Waals surface area (Å²) in [4.78, 5) is 0. The number of thiol groups is 1. The molecule has 0 aromatic carbocycles. The van der Waals surface area contributed by atoms with E-state index in [2.05, 4.69) is 24.4 Å². The van der Waals surface area contributed by atoms with Gasteiger partial charge in [-0.2, -0.15) is 24.4 Å². The number of ether oxygens (including phenoxy) is 1. The SMILES string of the molecule is SCC1(CSC2CCOCC2)CC1. The molecule has 0 aromatic heterocycles. The maximum Gasteiger partial charge on any atom is 0.0476 e. The summed E-state index contributed by atoms with van der Waals surface area (Å²) in [5.74, 6) is 2.42. The van der Waals surface area contributed by atoms with Gasteiger partial charge in [0.15, 0.2) is 0 Å². The van der Waals surface area contributed by atoms with Crippen LogP contribution < -0.4 is 0 Å². The lowest BCUT2D eigenvalue weighted by molar-refractivity contribution is 0.1000. The van der Waals surface area contributed by atoms with Gasteiger partial charge in [0.05, 0.1) is 0 Å². The van der Waals surface area contributed by atoms with Crippen LogP contribution in [0.3, 0.4) is 0 Å². The van der Waals surface area contributed by atoms with E-state index in [0.717, 1.165) is 24.2 Å². The predicted molar refractivity (Wildman–Crippen MR) is 61.8 cm³/mol. The van der Waals surface area contributed by atoms with E-state index in [-0.39, 0.29) is 0 Å². The Labute approximate surface area is 90.4 Å². The van der Waals surface area contributed by atoms with Crippen LogP contribution in [0, 0.1) is 5.41 Å². The summed E-state index contributed by atoms with van der Waals surface area (Å²) >= 11 is 6.59. The molecule has 0 unspecified atom stereocenters. The molecule has 2 rings (SSSR count). The maximum atomic E-state index is 5.35. The zero-order valence-electron chi connectivity index (χ0n) is 8.00. The third-order valence-corrected chi connectivity index (χ3v) is 5.48. The van der Waals surface area contributed by atoms with Crippen LogP contribution in [0.1, 0.15) is 25.7 Å². The Hall–Kier alpha value is 0.660. The molecule has 0 radical (unpaired) electrons. The summed E-state index contributed by atoms with van der Waals surface area (Å²) in [6, 6.07) is 0. The third kappa shape index (κ3) is 2.80. The van der Waals surface area contributed by atoms with E-state index in [1.165, 1.54) is 31.4 Å². The third-order valence-electron chi connectivity index (χ3n) is 3.09. The van der Waals surface area contributed by atoms with Crippen molar-refractivity contribution < 1.29 is 4.74 Å². The number of hydrogen-bond acceptors (Lipinski definition) is 3. The second kappa shape index (κ2) is 4.45. The molecule has 13 heavy (non-hydrogen) atoms. The van der Waals surface area contributed by atoms with Crippen LogP contribution in [0.4, 0.5) is 0 Å². The highest BCUT2D eigenvalue weighted by Gasteiger charge is 2.41. The smallest absolute Gasteiger partial charge is 0.0476 e. The van der Waals surface area contributed by atoms with Crippen molar-refractivity contribution in [2.24, 2.45) is 5.41 Å². The highest BCUT2D eigenvalue weighted by atomic mass is 32.2. The molecule has 0 aromatic rings. The predicted octanol–water partition coefficient (Wildman–Crippen LogP) is 2.61. The van der Waals surface area contributed by atoms with Crippen molar-refractivity contribution in [2.45, 2.75) is 30.9 Å². The van der Waals surface area contributed by atoms with Crippen molar-refractivity contribution in [1.29, 1.82) is 0 Å². The van der Waals surface area contributed by atoms with Gasteiger partial charge in [-0.15, -0.1) is 0 Å². The lowest BCUT2D eigenvalue weighted by Gasteiger charge is -2.23. The Morgan fingerprint density at radius 3 is 2.54 bits per heavy atom. The van der Waals surface area contributed by atoms with E-state index in [0.29, 0.717) is 5.41 Å².